The fourth-order valence-corrected chi connectivity index (χ4v) is 1.62. The third kappa shape index (κ3) is 2.13. The summed E-state index contributed by atoms with van der Waals surface area (Å²) in [4.78, 5) is 10.1. The molecule has 0 fully saturated rings. The maximum absolute atomic E-state index is 10.6. The van der Waals surface area contributed by atoms with E-state index in [9.17, 15) is 10.1 Å². The molecule has 0 heterocycles. The quantitative estimate of drug-likeness (QED) is 0.262. The lowest BCUT2D eigenvalue weighted by Crippen LogP contribution is -2.05. The molecule has 0 aliphatic heterocycles. The second kappa shape index (κ2) is 4.37. The lowest BCUT2D eigenvalue weighted by molar-refractivity contribution is -0.386. The number of aliphatic hydroxyl groups excluding tert-OH is 1. The summed E-state index contributed by atoms with van der Waals surface area (Å²) in [7, 11) is 0. The fraction of sp³-hybridized carbons (Fsp3) is 0.250. The molecule has 5 N–H and O–H groups in total. The number of aliphatic hydroxyl groups is 1. The van der Waals surface area contributed by atoms with Crippen LogP contribution in [0, 0.1) is 10.1 Å². The lowest BCUT2D eigenvalue weighted by Gasteiger charge is -2.09. The molecule has 1 aromatic rings. The number of rotatable bonds is 3. The molecule has 0 aromatic heterocycles. The summed E-state index contributed by atoms with van der Waals surface area (Å²) >= 11 is 3.95. The smallest absolute Gasteiger partial charge is 0.307 e. The molecular weight excluding hydrogens is 218 g/mol. The standard InChI is InChI=1S/C8H11N3O3S/c9-5-3-4(1-2-12)6(10)8(15)7(5)11(13)14/h3,12,15H,1-2,9-10H2. The van der Waals surface area contributed by atoms with Crippen LogP contribution in [0.3, 0.4) is 0 Å². The van der Waals surface area contributed by atoms with Crippen molar-refractivity contribution in [2.24, 2.45) is 0 Å². The number of nitro groups is 1. The number of nitrogen functional groups attached to an aromatic ring is 2. The molecule has 0 aliphatic carbocycles. The molecule has 0 unspecified atom stereocenters. The van der Waals surface area contributed by atoms with Crippen molar-refractivity contribution in [3.05, 3.63) is 21.7 Å². The van der Waals surface area contributed by atoms with Crippen molar-refractivity contribution in [3.63, 3.8) is 0 Å². The minimum atomic E-state index is -0.628. The lowest BCUT2D eigenvalue weighted by atomic mass is 10.1. The van der Waals surface area contributed by atoms with Gasteiger partial charge in [0.2, 0.25) is 0 Å². The highest BCUT2D eigenvalue weighted by Crippen LogP contribution is 2.36. The summed E-state index contributed by atoms with van der Waals surface area (Å²) < 4.78 is 0. The van der Waals surface area contributed by atoms with E-state index in [-0.39, 0.29) is 28.6 Å². The molecule has 0 bridgehead atoms. The molecule has 0 spiro atoms. The normalized spacial score (nSPS) is 10.3. The second-order valence-electron chi connectivity index (χ2n) is 2.97. The van der Waals surface area contributed by atoms with Crippen LogP contribution < -0.4 is 11.5 Å². The maximum Gasteiger partial charge on any atom is 0.307 e. The summed E-state index contributed by atoms with van der Waals surface area (Å²) in [5.74, 6) is 0. The van der Waals surface area contributed by atoms with Gasteiger partial charge in [-0.3, -0.25) is 10.1 Å². The Morgan fingerprint density at radius 2 is 2.13 bits per heavy atom. The van der Waals surface area contributed by atoms with Gasteiger partial charge in [0.25, 0.3) is 0 Å². The number of thiol groups is 1. The molecule has 7 heteroatoms. The van der Waals surface area contributed by atoms with Gasteiger partial charge in [-0.2, -0.15) is 0 Å². The van der Waals surface area contributed by atoms with E-state index in [1.165, 1.54) is 6.07 Å². The van der Waals surface area contributed by atoms with E-state index >= 15 is 0 Å². The Labute approximate surface area is 91.4 Å². The van der Waals surface area contributed by atoms with Gasteiger partial charge < -0.3 is 16.6 Å². The van der Waals surface area contributed by atoms with Crippen molar-refractivity contribution >= 4 is 29.7 Å². The van der Waals surface area contributed by atoms with E-state index in [4.69, 9.17) is 16.6 Å². The van der Waals surface area contributed by atoms with Crippen LogP contribution in [0.15, 0.2) is 11.0 Å². The largest absolute Gasteiger partial charge is 0.397 e. The van der Waals surface area contributed by atoms with Crippen molar-refractivity contribution < 1.29 is 10.0 Å². The molecule has 1 aromatic carbocycles. The molecule has 0 saturated carbocycles. The number of benzene rings is 1. The average molecular weight is 229 g/mol. The summed E-state index contributed by atoms with van der Waals surface area (Å²) in [6.07, 6.45) is 0.293. The molecular formula is C8H11N3O3S. The van der Waals surface area contributed by atoms with E-state index in [1.54, 1.807) is 0 Å². The number of nitro benzene ring substituents is 1. The summed E-state index contributed by atoms with van der Waals surface area (Å²) in [6.45, 7) is -0.103. The molecule has 1 rings (SSSR count). The van der Waals surface area contributed by atoms with Crippen molar-refractivity contribution in [1.29, 1.82) is 0 Å². The van der Waals surface area contributed by atoms with Gasteiger partial charge in [0.1, 0.15) is 10.6 Å². The van der Waals surface area contributed by atoms with E-state index in [0.29, 0.717) is 12.0 Å². The SMILES string of the molecule is Nc1cc(CCO)c(N)c(S)c1[N+](=O)[O-]. The van der Waals surface area contributed by atoms with Crippen LogP contribution >= 0.6 is 12.6 Å². The average Bonchev–Trinajstić information content (AvgIpc) is 2.13. The zero-order valence-corrected chi connectivity index (χ0v) is 8.70. The van der Waals surface area contributed by atoms with Gasteiger partial charge in [-0.1, -0.05) is 0 Å². The van der Waals surface area contributed by atoms with E-state index in [2.05, 4.69) is 12.6 Å². The molecule has 82 valence electrons. The Hall–Kier alpha value is -1.47. The third-order valence-corrected chi connectivity index (χ3v) is 2.44. The van der Waals surface area contributed by atoms with E-state index in [1.807, 2.05) is 0 Å². The van der Waals surface area contributed by atoms with Crippen LogP contribution in [0.25, 0.3) is 0 Å². The molecule has 15 heavy (non-hydrogen) atoms. The van der Waals surface area contributed by atoms with Crippen LogP contribution in [0.2, 0.25) is 0 Å². The van der Waals surface area contributed by atoms with Gasteiger partial charge in [-0.25, -0.2) is 0 Å². The number of hydrogen-bond acceptors (Lipinski definition) is 6. The highest BCUT2D eigenvalue weighted by Gasteiger charge is 2.20. The van der Waals surface area contributed by atoms with Crippen LogP contribution in [-0.2, 0) is 6.42 Å². The first-order valence-corrected chi connectivity index (χ1v) is 4.58. The Bertz CT molecular complexity index is 409. The molecule has 0 radical (unpaired) electrons. The van der Waals surface area contributed by atoms with Crippen molar-refractivity contribution in [2.45, 2.75) is 11.3 Å². The monoisotopic (exact) mass is 229 g/mol. The number of anilines is 2. The summed E-state index contributed by atoms with van der Waals surface area (Å²) in [5, 5.41) is 19.4. The molecule has 6 nitrogen and oxygen atoms in total. The summed E-state index contributed by atoms with van der Waals surface area (Å²) in [6, 6.07) is 1.39. The van der Waals surface area contributed by atoms with Gasteiger partial charge in [0.05, 0.1) is 10.6 Å². The predicted molar refractivity (Wildman–Crippen MR) is 60.0 cm³/mol. The number of nitrogens with zero attached hydrogens (tertiary/aromatic N) is 1. The van der Waals surface area contributed by atoms with Crippen LogP contribution in [0.4, 0.5) is 17.1 Å². The molecule has 0 aliphatic rings. The molecule has 0 saturated heterocycles. The van der Waals surface area contributed by atoms with Crippen LogP contribution in [0.1, 0.15) is 5.56 Å². The Balaban J connectivity index is 3.37. The maximum atomic E-state index is 10.6. The zero-order valence-electron chi connectivity index (χ0n) is 7.80. The van der Waals surface area contributed by atoms with Crippen LogP contribution in [-0.4, -0.2) is 16.6 Å². The van der Waals surface area contributed by atoms with Crippen LogP contribution in [0.5, 0.6) is 0 Å². The Kier molecular flexibility index (Phi) is 3.38. The van der Waals surface area contributed by atoms with Gasteiger partial charge in [0.15, 0.2) is 0 Å². The first-order valence-electron chi connectivity index (χ1n) is 4.14. The first kappa shape index (κ1) is 11.6. The first-order chi connectivity index (χ1) is 6.99. The second-order valence-corrected chi connectivity index (χ2v) is 3.41. The number of hydrogen-bond donors (Lipinski definition) is 4. The molecule has 0 atom stereocenters. The van der Waals surface area contributed by atoms with Gasteiger partial charge in [-0.15, -0.1) is 12.6 Å². The third-order valence-electron chi connectivity index (χ3n) is 1.99. The van der Waals surface area contributed by atoms with Crippen molar-refractivity contribution in [2.75, 3.05) is 18.1 Å². The minimum Gasteiger partial charge on any atom is -0.397 e. The van der Waals surface area contributed by atoms with Gasteiger partial charge in [-0.05, 0) is 18.1 Å². The fourth-order valence-electron chi connectivity index (χ4n) is 1.27. The zero-order chi connectivity index (χ0) is 11.6. The van der Waals surface area contributed by atoms with Crippen molar-refractivity contribution in [3.8, 4) is 0 Å². The predicted octanol–water partition coefficient (Wildman–Crippen LogP) is 0.583. The van der Waals surface area contributed by atoms with Crippen molar-refractivity contribution in [1.82, 2.24) is 0 Å². The van der Waals surface area contributed by atoms with Gasteiger partial charge >= 0.3 is 5.69 Å². The number of nitrogens with two attached hydrogens (primary N) is 2. The van der Waals surface area contributed by atoms with E-state index < -0.39 is 4.92 Å². The van der Waals surface area contributed by atoms with E-state index in [0.717, 1.165) is 0 Å². The van der Waals surface area contributed by atoms with Gasteiger partial charge in [0, 0.05) is 6.61 Å². The highest BCUT2D eigenvalue weighted by molar-refractivity contribution is 7.80. The molecule has 0 amide bonds. The topological polar surface area (TPSA) is 115 Å². The minimum absolute atomic E-state index is 0.00245. The summed E-state index contributed by atoms with van der Waals surface area (Å²) in [5.41, 5.74) is 11.6. The Morgan fingerprint density at radius 3 is 2.60 bits per heavy atom. The highest BCUT2D eigenvalue weighted by atomic mass is 32.1. The Morgan fingerprint density at radius 1 is 1.53 bits per heavy atom.